The van der Waals surface area contributed by atoms with Crippen LogP contribution >= 0.6 is 15.5 Å². The molecule has 366 valence electrons. The van der Waals surface area contributed by atoms with Crippen LogP contribution < -0.4 is 37.3 Å². The van der Waals surface area contributed by atoms with Crippen LogP contribution in [0, 0.1) is 0 Å². The third-order valence-corrected chi connectivity index (χ3v) is 13.1. The number of alkyl halides is 2. The van der Waals surface area contributed by atoms with Gasteiger partial charge in [0.05, 0.1) is 33.0 Å². The zero-order chi connectivity index (χ0) is 49.4. The maximum atomic E-state index is 15.7. The highest BCUT2D eigenvalue weighted by molar-refractivity contribution is 7.52. The Labute approximate surface area is 375 Å². The molecule has 6 heterocycles. The van der Waals surface area contributed by atoms with E-state index in [0.717, 1.165) is 49.7 Å². The number of anilines is 2. The molecule has 67 heavy (non-hydrogen) atoms. The highest BCUT2D eigenvalue weighted by Crippen LogP contribution is 2.48. The smallest absolute Gasteiger partial charge is 0.459 e. The average Bonchev–Trinajstić information content (AvgIpc) is 3.98. The van der Waals surface area contributed by atoms with Gasteiger partial charge in [0.2, 0.25) is 11.9 Å². The van der Waals surface area contributed by atoms with Crippen LogP contribution in [-0.2, 0) is 42.0 Å². The Morgan fingerprint density at radius 3 is 1.76 bits per heavy atom. The molecule has 0 amide bonds. The van der Waals surface area contributed by atoms with Gasteiger partial charge in [-0.3, -0.25) is 47.3 Å². The fraction of sp³-hybridized carbons (Fsp3) is 0.486. The Morgan fingerprint density at radius 1 is 0.851 bits per heavy atom. The van der Waals surface area contributed by atoms with Crippen LogP contribution in [0.4, 0.5) is 20.7 Å². The molecule has 4 aromatic heterocycles. The number of carbonyl (C=O) groups is 2. The van der Waals surface area contributed by atoms with Gasteiger partial charge in [-0.25, -0.2) is 33.0 Å². The van der Waals surface area contributed by atoms with Gasteiger partial charge in [0.1, 0.15) is 42.2 Å². The van der Waals surface area contributed by atoms with E-state index in [1.807, 2.05) is 5.09 Å². The number of imidazole rings is 2. The first-order valence-corrected chi connectivity index (χ1v) is 22.7. The minimum atomic E-state index is -4.59. The van der Waals surface area contributed by atoms with Crippen LogP contribution in [0.3, 0.4) is 0 Å². The monoisotopic (exact) mass is 990 g/mol. The molecule has 2 aliphatic heterocycles. The van der Waals surface area contributed by atoms with Gasteiger partial charge in [0.15, 0.2) is 46.1 Å². The summed E-state index contributed by atoms with van der Waals surface area (Å²) in [4.78, 5) is 76.6. The molecule has 12 N–H and O–H groups in total. The lowest BCUT2D eigenvalue weighted by atomic mass is 9.98. The quantitative estimate of drug-likeness (QED) is 0.0456. The molecule has 0 bridgehead atoms. The van der Waals surface area contributed by atoms with Gasteiger partial charge in [-0.05, 0) is 39.8 Å². The molecule has 0 saturated carbocycles. The summed E-state index contributed by atoms with van der Waals surface area (Å²) in [5.74, 6) is -2.43. The molecule has 2 aliphatic rings. The third kappa shape index (κ3) is 10.8. The number of nitrogens with two attached hydrogens (primary N) is 2. The zero-order valence-electron chi connectivity index (χ0n) is 35.8. The minimum Gasteiger partial charge on any atom is -0.480 e. The van der Waals surface area contributed by atoms with Gasteiger partial charge in [-0.1, -0.05) is 18.2 Å². The van der Waals surface area contributed by atoms with E-state index in [9.17, 15) is 43.4 Å². The van der Waals surface area contributed by atoms with Gasteiger partial charge >= 0.3 is 27.4 Å². The second kappa shape index (κ2) is 19.4. The van der Waals surface area contributed by atoms with Crippen LogP contribution in [0.1, 0.15) is 40.2 Å². The number of hydrogen-bond donors (Lipinski definition) is 10. The number of benzene rings is 1. The highest BCUT2D eigenvalue weighted by Gasteiger charge is 2.57. The van der Waals surface area contributed by atoms with Crippen LogP contribution in [0.15, 0.2) is 52.6 Å². The second-order valence-corrected chi connectivity index (χ2v) is 18.6. The van der Waals surface area contributed by atoms with Crippen molar-refractivity contribution in [3.05, 3.63) is 63.7 Å². The standard InChI is InChI=1S/C21H26FN6O8P.C14H20FN6O8P/c1-11(18(31)33-3)27-37(32,36-12-7-5-4-6-8-12)34-9-13-15(29)21(2,22)19(35-13)28-10-24-14-16(28)25-20(23)26-17(14)30;1-5(11(24)25)20-30(26,27)28-3-6-8(22)14(2,15)12(29-6)21-4-17-7-9(21)18-13(16)19-10(7)23/h4-8,10-11,13,15,19,29H,9H2,1-3H3,(H,27,32)(H3,23,25,26,30);4-6,8,12,22H,3H2,1-2H3,(H,24,25)(H2,20,26,27)(H3,16,18,19,23)/t11-,13+,15+,19+,21+,37?;5-,6+,8+,12+,14+/m00/s1. The molecular formula is C35H46F2N12O16P2. The molecule has 1 aromatic carbocycles. The van der Waals surface area contributed by atoms with Crippen molar-refractivity contribution in [1.82, 2.24) is 49.2 Å². The number of ether oxygens (including phenoxy) is 3. The molecule has 2 saturated heterocycles. The number of nitrogen functional groups attached to an aromatic ring is 2. The Morgan fingerprint density at radius 2 is 1.31 bits per heavy atom. The Kier molecular flexibility index (Phi) is 14.7. The number of carboxylic acid groups (broad SMARTS) is 1. The molecule has 12 atom stereocenters. The number of fused-ring (bicyclic) bond motifs is 2. The second-order valence-electron chi connectivity index (χ2n) is 15.4. The summed E-state index contributed by atoms with van der Waals surface area (Å²) in [6.45, 7) is 3.26. The molecule has 0 spiro atoms. The van der Waals surface area contributed by atoms with E-state index in [1.54, 1.807) is 18.2 Å². The maximum Gasteiger partial charge on any atom is 0.459 e. The molecule has 2 unspecified atom stereocenters. The molecular weight excluding hydrogens is 944 g/mol. The van der Waals surface area contributed by atoms with E-state index < -0.39 is 112 Å². The summed E-state index contributed by atoms with van der Waals surface area (Å²) < 4.78 is 90.3. The number of para-hydroxylation sites is 1. The van der Waals surface area contributed by atoms with Crippen molar-refractivity contribution in [2.45, 2.75) is 88.0 Å². The Bertz CT molecular complexity index is 2830. The highest BCUT2D eigenvalue weighted by atomic mass is 31.2. The fourth-order valence-corrected chi connectivity index (χ4v) is 9.32. The van der Waals surface area contributed by atoms with E-state index in [0.29, 0.717) is 0 Å². The summed E-state index contributed by atoms with van der Waals surface area (Å²) in [7, 11) is -7.71. The molecule has 0 radical (unpaired) electrons. The normalized spacial score (nSPS) is 27.7. The van der Waals surface area contributed by atoms with E-state index in [2.05, 4.69) is 39.7 Å². The van der Waals surface area contributed by atoms with Crippen LogP contribution in [0.2, 0.25) is 0 Å². The Hall–Kier alpha value is -5.78. The largest absolute Gasteiger partial charge is 0.480 e. The predicted octanol–water partition coefficient (Wildman–Crippen LogP) is -0.0889. The van der Waals surface area contributed by atoms with E-state index in [1.165, 1.54) is 19.1 Å². The number of aromatic nitrogens is 8. The number of nitrogens with zero attached hydrogens (tertiary/aromatic N) is 6. The van der Waals surface area contributed by atoms with Gasteiger partial charge in [-0.2, -0.15) is 15.1 Å². The number of aliphatic hydroxyl groups is 2. The number of nitrogens with one attached hydrogen (secondary N) is 4. The fourth-order valence-electron chi connectivity index (χ4n) is 6.79. The number of H-pyrrole nitrogens is 2. The first-order chi connectivity index (χ1) is 31.3. The average molecular weight is 991 g/mol. The zero-order valence-corrected chi connectivity index (χ0v) is 37.5. The third-order valence-electron chi connectivity index (χ3n) is 10.3. The number of carboxylic acids is 1. The van der Waals surface area contributed by atoms with Crippen molar-refractivity contribution in [2.75, 3.05) is 31.8 Å². The number of esters is 1. The number of rotatable bonds is 16. The molecule has 28 nitrogen and oxygen atoms in total. The molecule has 0 aliphatic carbocycles. The summed E-state index contributed by atoms with van der Waals surface area (Å²) >= 11 is 0. The number of aliphatic carboxylic acids is 1. The van der Waals surface area contributed by atoms with Gasteiger partial charge < -0.3 is 50.4 Å². The van der Waals surface area contributed by atoms with E-state index >= 15 is 8.78 Å². The van der Waals surface area contributed by atoms with Crippen molar-refractivity contribution in [3.63, 3.8) is 0 Å². The number of halogens is 2. The Balaban J connectivity index is 0.000000226. The lowest BCUT2D eigenvalue weighted by molar-refractivity contribution is -0.142. The topological polar surface area (TPSA) is 408 Å². The number of aromatic amines is 2. The molecule has 2 fully saturated rings. The first kappa shape index (κ1) is 50.6. The summed E-state index contributed by atoms with van der Waals surface area (Å²) in [5, 5.41) is 34.1. The SMILES string of the molecule is COC(=O)[C@H](C)NP(=O)(OC[C@H]1O[C@@H](n2cnc3c(=O)[nH]c(N)nc32)[C@](C)(F)[C@@H]1O)Oc1ccccc1.C[C@H](NP(=O)(O)OC[C@H]1O[C@@H](n2cnc3c(=O)[nH]c(N)nc32)[C@](C)(F)[C@@H]1O)C(=O)O. The van der Waals surface area contributed by atoms with E-state index in [4.69, 9.17) is 39.6 Å². The van der Waals surface area contributed by atoms with Crippen molar-refractivity contribution in [2.24, 2.45) is 0 Å². The molecule has 5 aromatic rings. The predicted molar refractivity (Wildman–Crippen MR) is 225 cm³/mol. The van der Waals surface area contributed by atoms with Crippen molar-refractivity contribution in [3.8, 4) is 5.75 Å². The van der Waals surface area contributed by atoms with Gasteiger partial charge in [0, 0.05) is 0 Å². The molecule has 32 heteroatoms. The van der Waals surface area contributed by atoms with Gasteiger partial charge in [-0.15, -0.1) is 0 Å². The summed E-state index contributed by atoms with van der Waals surface area (Å²) in [5.41, 5.74) is 4.57. The number of methoxy groups -OCH3 is 1. The first-order valence-electron chi connectivity index (χ1n) is 19.6. The minimum absolute atomic E-state index is 0.0597. The van der Waals surface area contributed by atoms with Gasteiger partial charge in [0.25, 0.3) is 11.1 Å². The summed E-state index contributed by atoms with van der Waals surface area (Å²) in [6, 6.07) is 5.51. The molecule has 7 rings (SSSR count). The van der Waals surface area contributed by atoms with Crippen LogP contribution in [-0.4, -0.2) is 139 Å². The summed E-state index contributed by atoms with van der Waals surface area (Å²) in [6.07, 6.45) is -7.14. The lowest BCUT2D eigenvalue weighted by Crippen LogP contribution is -2.41. The number of carbonyl (C=O) groups excluding carboxylic acids is 1. The van der Waals surface area contributed by atoms with Crippen LogP contribution in [0.25, 0.3) is 22.3 Å². The van der Waals surface area contributed by atoms with Crippen molar-refractivity contribution in [1.29, 1.82) is 0 Å². The lowest BCUT2D eigenvalue weighted by Gasteiger charge is -2.25. The number of aliphatic hydroxyl groups excluding tert-OH is 2. The van der Waals surface area contributed by atoms with Crippen LogP contribution in [0.5, 0.6) is 5.75 Å². The maximum absolute atomic E-state index is 15.7. The number of hydrogen-bond acceptors (Lipinski definition) is 20. The van der Waals surface area contributed by atoms with Crippen molar-refractivity contribution < 1.29 is 75.5 Å². The van der Waals surface area contributed by atoms with E-state index in [-0.39, 0.29) is 40.0 Å². The van der Waals surface area contributed by atoms with Crippen molar-refractivity contribution >= 4 is 61.7 Å².